The van der Waals surface area contributed by atoms with Crippen molar-refractivity contribution in [2.45, 2.75) is 5.41 Å². The molecule has 2 aliphatic carbocycles. The first-order valence-corrected chi connectivity index (χ1v) is 23.2. The Morgan fingerprint density at radius 1 is 0.279 bits per heavy atom. The van der Waals surface area contributed by atoms with E-state index in [0.717, 1.165) is 60.9 Å². The van der Waals surface area contributed by atoms with Crippen molar-refractivity contribution in [3.63, 3.8) is 0 Å². The van der Waals surface area contributed by atoms with Gasteiger partial charge in [0.1, 0.15) is 11.2 Å². The van der Waals surface area contributed by atoms with Crippen LogP contribution in [0, 0.1) is 0 Å². The Balaban J connectivity index is 1.03. The highest BCUT2D eigenvalue weighted by atomic mass is 16.3. The molecule has 12 aromatic rings. The van der Waals surface area contributed by atoms with E-state index in [0.29, 0.717) is 17.5 Å². The molecule has 4 nitrogen and oxygen atoms in total. The lowest BCUT2D eigenvalue weighted by molar-refractivity contribution is 0.669. The minimum atomic E-state index is -0.633. The summed E-state index contributed by atoms with van der Waals surface area (Å²) in [5, 5.41) is 2.22. The fraction of sp³-hybridized carbons (Fsp3) is 0.0156. The number of rotatable bonds is 4. The van der Waals surface area contributed by atoms with Gasteiger partial charge in [0.05, 0.1) is 5.41 Å². The van der Waals surface area contributed by atoms with Crippen LogP contribution in [0.2, 0.25) is 0 Å². The van der Waals surface area contributed by atoms with Crippen molar-refractivity contribution >= 4 is 21.9 Å². The number of aromatic nitrogens is 3. The van der Waals surface area contributed by atoms with Gasteiger partial charge in [0.15, 0.2) is 17.5 Å². The molecule has 316 valence electrons. The molecule has 0 atom stereocenters. The van der Waals surface area contributed by atoms with Gasteiger partial charge in [0, 0.05) is 33.0 Å². The van der Waals surface area contributed by atoms with Gasteiger partial charge in [-0.15, -0.1) is 0 Å². The van der Waals surface area contributed by atoms with Crippen LogP contribution in [0.15, 0.2) is 241 Å². The number of fused-ring (bicyclic) bond motifs is 18. The van der Waals surface area contributed by atoms with Crippen LogP contribution in [0.25, 0.3) is 112 Å². The molecule has 0 unspecified atom stereocenters. The van der Waals surface area contributed by atoms with Gasteiger partial charge in [-0.25, -0.2) is 15.0 Å². The van der Waals surface area contributed by atoms with Gasteiger partial charge < -0.3 is 4.42 Å². The van der Waals surface area contributed by atoms with Crippen molar-refractivity contribution in [3.05, 3.63) is 259 Å². The number of furan rings is 1. The van der Waals surface area contributed by atoms with Crippen molar-refractivity contribution in [1.82, 2.24) is 15.0 Å². The van der Waals surface area contributed by atoms with Gasteiger partial charge in [-0.2, -0.15) is 0 Å². The van der Waals surface area contributed by atoms with E-state index in [1.54, 1.807) is 0 Å². The van der Waals surface area contributed by atoms with E-state index < -0.39 is 5.41 Å². The maximum absolute atomic E-state index is 6.67. The van der Waals surface area contributed by atoms with Crippen LogP contribution in [-0.2, 0) is 5.41 Å². The van der Waals surface area contributed by atoms with Gasteiger partial charge >= 0.3 is 0 Å². The van der Waals surface area contributed by atoms with Crippen molar-refractivity contribution in [3.8, 4) is 89.8 Å². The number of hydrogen-bond acceptors (Lipinski definition) is 4. The second-order valence-electron chi connectivity index (χ2n) is 17.8. The summed E-state index contributed by atoms with van der Waals surface area (Å²) < 4.78 is 6.67. The molecular weight excluding hydrogens is 827 g/mol. The summed E-state index contributed by atoms with van der Waals surface area (Å²) >= 11 is 0. The lowest BCUT2D eigenvalue weighted by atomic mass is 9.64. The summed E-state index contributed by atoms with van der Waals surface area (Å²) in [7, 11) is 0. The zero-order valence-electron chi connectivity index (χ0n) is 36.8. The summed E-state index contributed by atoms with van der Waals surface area (Å²) in [6, 6.07) is 85.2. The van der Waals surface area contributed by atoms with E-state index in [4.69, 9.17) is 19.4 Å². The second-order valence-corrected chi connectivity index (χ2v) is 17.8. The quantitative estimate of drug-likeness (QED) is 0.177. The second kappa shape index (κ2) is 15.0. The standard InChI is InChI=1S/C64H39N3O/c1-3-17-41(18-4-1)61-65-62(42-19-5-2-6-20-42)67-63(66-61)43-33-31-40(32-34-43)44-35-36-50-52(39-44)48-24-10-15-29-56(48)64(53-26-12-7-21-45(53)46-22-8-13-27-54(46)64)55-28-14-9-23-47(55)49-37-38-58-60(59(49)50)51-25-11-16-30-57(51)68-58/h1-39H. The van der Waals surface area contributed by atoms with Crippen LogP contribution in [0.1, 0.15) is 22.3 Å². The maximum atomic E-state index is 6.67. The molecule has 0 saturated heterocycles. The van der Waals surface area contributed by atoms with E-state index in [1.165, 1.54) is 55.6 Å². The van der Waals surface area contributed by atoms with Crippen LogP contribution in [0.5, 0.6) is 0 Å². The van der Waals surface area contributed by atoms with Gasteiger partial charge in [-0.05, 0) is 96.6 Å². The monoisotopic (exact) mass is 865 g/mol. The average Bonchev–Trinajstić information content (AvgIpc) is 3.95. The van der Waals surface area contributed by atoms with E-state index in [-0.39, 0.29) is 0 Å². The molecule has 2 aliphatic rings. The molecule has 10 aromatic carbocycles. The Kier molecular flexibility index (Phi) is 8.46. The molecule has 0 radical (unpaired) electrons. The molecule has 0 N–H and O–H groups in total. The third-order valence-corrected chi connectivity index (χ3v) is 14.2. The molecule has 14 rings (SSSR count). The lowest BCUT2D eigenvalue weighted by Gasteiger charge is -2.36. The van der Waals surface area contributed by atoms with Crippen LogP contribution >= 0.6 is 0 Å². The molecular formula is C64H39N3O. The molecule has 4 heteroatoms. The molecule has 2 heterocycles. The summed E-state index contributed by atoms with van der Waals surface area (Å²) in [5.74, 6) is 1.91. The average molecular weight is 866 g/mol. The Bertz CT molecular complexity index is 3860. The van der Waals surface area contributed by atoms with Crippen molar-refractivity contribution in [2.24, 2.45) is 0 Å². The molecule has 0 fully saturated rings. The van der Waals surface area contributed by atoms with E-state index in [2.05, 4.69) is 176 Å². The first-order valence-electron chi connectivity index (χ1n) is 23.2. The van der Waals surface area contributed by atoms with Crippen LogP contribution in [0.4, 0.5) is 0 Å². The van der Waals surface area contributed by atoms with E-state index in [1.807, 2.05) is 60.7 Å². The first-order chi connectivity index (χ1) is 33.7. The summed E-state index contributed by atoms with van der Waals surface area (Å²) in [6.07, 6.45) is 0. The Morgan fingerprint density at radius 3 is 1.25 bits per heavy atom. The molecule has 0 amide bonds. The molecule has 2 aromatic heterocycles. The predicted octanol–water partition coefficient (Wildman–Crippen LogP) is 16.1. The zero-order valence-corrected chi connectivity index (χ0v) is 36.8. The summed E-state index contributed by atoms with van der Waals surface area (Å²) in [5.41, 5.74) is 20.8. The van der Waals surface area contributed by atoms with Crippen LogP contribution in [0.3, 0.4) is 0 Å². The topological polar surface area (TPSA) is 51.8 Å². The SMILES string of the molecule is c1ccc(-c2nc(-c3ccccc3)nc(-c3ccc(-c4ccc5c(c4)-c4ccccc4C4(c6ccccc6-c6ccccc64)c4ccccc4-c4ccc6oc7ccccc7c6c4-5)cc3)n2)cc1. The van der Waals surface area contributed by atoms with Crippen LogP contribution in [-0.4, -0.2) is 15.0 Å². The molecule has 1 spiro atoms. The smallest absolute Gasteiger partial charge is 0.164 e. The highest BCUT2D eigenvalue weighted by Gasteiger charge is 2.49. The van der Waals surface area contributed by atoms with Crippen LogP contribution < -0.4 is 0 Å². The molecule has 0 aliphatic heterocycles. The Morgan fingerprint density at radius 2 is 0.691 bits per heavy atom. The van der Waals surface area contributed by atoms with E-state index >= 15 is 0 Å². The predicted molar refractivity (Wildman–Crippen MR) is 276 cm³/mol. The fourth-order valence-corrected chi connectivity index (χ4v) is 11.3. The zero-order chi connectivity index (χ0) is 44.8. The number of para-hydroxylation sites is 1. The highest BCUT2D eigenvalue weighted by molar-refractivity contribution is 6.18. The minimum absolute atomic E-state index is 0.627. The first kappa shape index (κ1) is 38.3. The molecule has 68 heavy (non-hydrogen) atoms. The fourth-order valence-electron chi connectivity index (χ4n) is 11.3. The minimum Gasteiger partial charge on any atom is -0.456 e. The van der Waals surface area contributed by atoms with Gasteiger partial charge in [0.2, 0.25) is 0 Å². The third-order valence-electron chi connectivity index (χ3n) is 14.2. The van der Waals surface area contributed by atoms with Gasteiger partial charge in [0.25, 0.3) is 0 Å². The Hall–Kier alpha value is -8.99. The number of benzene rings is 10. The lowest BCUT2D eigenvalue weighted by Crippen LogP contribution is -2.30. The van der Waals surface area contributed by atoms with E-state index in [9.17, 15) is 0 Å². The number of nitrogens with zero attached hydrogens (tertiary/aromatic N) is 3. The third kappa shape index (κ3) is 5.64. The van der Waals surface area contributed by atoms with Crippen molar-refractivity contribution in [2.75, 3.05) is 0 Å². The van der Waals surface area contributed by atoms with Gasteiger partial charge in [-0.3, -0.25) is 0 Å². The summed E-state index contributed by atoms with van der Waals surface area (Å²) in [4.78, 5) is 15.0. The van der Waals surface area contributed by atoms with Crippen molar-refractivity contribution in [1.29, 1.82) is 0 Å². The van der Waals surface area contributed by atoms with Crippen molar-refractivity contribution < 1.29 is 4.42 Å². The number of hydrogen-bond donors (Lipinski definition) is 0. The molecule has 0 bridgehead atoms. The largest absolute Gasteiger partial charge is 0.456 e. The summed E-state index contributed by atoms with van der Waals surface area (Å²) in [6.45, 7) is 0. The maximum Gasteiger partial charge on any atom is 0.164 e. The molecule has 0 saturated carbocycles. The normalized spacial score (nSPS) is 12.8. The Labute approximate surface area is 393 Å². The van der Waals surface area contributed by atoms with Gasteiger partial charge in [-0.1, -0.05) is 212 Å². The highest BCUT2D eigenvalue weighted by Crippen LogP contribution is 2.61.